The standard InChI is InChI=1S/C29H28N4O5S/c1-20-17-28(31-21(2)30-20)33-39(35,36)25-13-11-24(12-14-25)32-29(34)16-10-22-9-15-26(27(18-22)37-3)38-19-23-7-5-4-6-8-23/h4-18H,19H2,1-3H3,(H,32,34)(H,30,31,33). The molecule has 10 heteroatoms. The first kappa shape index (κ1) is 27.3. The minimum atomic E-state index is -3.86. The molecule has 4 aromatic rings. The molecule has 0 fully saturated rings. The molecular formula is C29H28N4O5S. The third-order valence-corrected chi connectivity index (χ3v) is 6.86. The van der Waals surface area contributed by atoms with E-state index in [1.54, 1.807) is 45.2 Å². The van der Waals surface area contributed by atoms with Gasteiger partial charge in [0, 0.05) is 23.5 Å². The summed E-state index contributed by atoms with van der Waals surface area (Å²) in [5.41, 5.74) is 2.88. The zero-order valence-electron chi connectivity index (χ0n) is 21.7. The highest BCUT2D eigenvalue weighted by Gasteiger charge is 2.15. The fourth-order valence-corrected chi connectivity index (χ4v) is 4.67. The number of aromatic nitrogens is 2. The molecule has 0 bridgehead atoms. The zero-order chi connectivity index (χ0) is 27.8. The first-order chi connectivity index (χ1) is 18.7. The van der Waals surface area contributed by atoms with Crippen LogP contribution < -0.4 is 19.5 Å². The molecular weight excluding hydrogens is 516 g/mol. The fourth-order valence-electron chi connectivity index (χ4n) is 3.68. The number of ether oxygens (including phenoxy) is 2. The number of anilines is 2. The van der Waals surface area contributed by atoms with Gasteiger partial charge in [-0.05, 0) is 67.4 Å². The summed E-state index contributed by atoms with van der Waals surface area (Å²) >= 11 is 0. The summed E-state index contributed by atoms with van der Waals surface area (Å²) in [7, 11) is -2.30. The Hall–Kier alpha value is -4.70. The van der Waals surface area contributed by atoms with Crippen molar-refractivity contribution >= 4 is 33.5 Å². The number of aryl methyl sites for hydroxylation is 2. The lowest BCUT2D eigenvalue weighted by molar-refractivity contribution is -0.111. The van der Waals surface area contributed by atoms with Gasteiger partial charge in [0.2, 0.25) is 5.91 Å². The summed E-state index contributed by atoms with van der Waals surface area (Å²) < 4.78 is 39.2. The number of methoxy groups -OCH3 is 1. The van der Waals surface area contributed by atoms with E-state index in [0.29, 0.717) is 35.3 Å². The molecule has 4 rings (SSSR count). The predicted molar refractivity (Wildman–Crippen MR) is 150 cm³/mol. The van der Waals surface area contributed by atoms with Gasteiger partial charge in [-0.2, -0.15) is 0 Å². The van der Waals surface area contributed by atoms with Crippen LogP contribution in [-0.2, 0) is 21.4 Å². The molecule has 3 aromatic carbocycles. The molecule has 0 aliphatic carbocycles. The minimum absolute atomic E-state index is 0.0339. The van der Waals surface area contributed by atoms with Gasteiger partial charge in [0.1, 0.15) is 18.2 Å². The summed E-state index contributed by atoms with van der Waals surface area (Å²) in [4.78, 5) is 20.7. The van der Waals surface area contributed by atoms with Crippen molar-refractivity contribution in [3.63, 3.8) is 0 Å². The number of nitrogens with zero attached hydrogens (tertiary/aromatic N) is 2. The molecule has 2 N–H and O–H groups in total. The van der Waals surface area contributed by atoms with E-state index in [-0.39, 0.29) is 16.6 Å². The van der Waals surface area contributed by atoms with E-state index < -0.39 is 10.0 Å². The Bertz CT molecular complexity index is 1570. The average molecular weight is 545 g/mol. The number of hydrogen-bond donors (Lipinski definition) is 2. The van der Waals surface area contributed by atoms with Gasteiger partial charge in [-0.15, -0.1) is 0 Å². The van der Waals surface area contributed by atoms with Crippen LogP contribution in [0.3, 0.4) is 0 Å². The summed E-state index contributed by atoms with van der Waals surface area (Å²) in [6.07, 6.45) is 3.03. The van der Waals surface area contributed by atoms with Crippen LogP contribution in [0.2, 0.25) is 0 Å². The third-order valence-electron chi connectivity index (χ3n) is 5.49. The summed E-state index contributed by atoms with van der Waals surface area (Å²) in [6, 6.07) is 22.6. The van der Waals surface area contributed by atoms with Crippen molar-refractivity contribution in [2.75, 3.05) is 17.1 Å². The predicted octanol–water partition coefficient (Wildman–Crippen LogP) is 5.13. The molecule has 0 saturated carbocycles. The Morgan fingerprint density at radius 3 is 2.36 bits per heavy atom. The fraction of sp³-hybridized carbons (Fsp3) is 0.138. The highest BCUT2D eigenvalue weighted by Crippen LogP contribution is 2.29. The first-order valence-corrected chi connectivity index (χ1v) is 13.5. The molecule has 0 aliphatic heterocycles. The number of amides is 1. The van der Waals surface area contributed by atoms with Crippen molar-refractivity contribution in [1.82, 2.24) is 9.97 Å². The lowest BCUT2D eigenvalue weighted by Crippen LogP contribution is -2.15. The lowest BCUT2D eigenvalue weighted by Gasteiger charge is -2.11. The van der Waals surface area contributed by atoms with Gasteiger partial charge < -0.3 is 14.8 Å². The van der Waals surface area contributed by atoms with Crippen LogP contribution in [0.1, 0.15) is 22.6 Å². The summed E-state index contributed by atoms with van der Waals surface area (Å²) in [5, 5.41) is 2.72. The van der Waals surface area contributed by atoms with Crippen LogP contribution in [0.5, 0.6) is 11.5 Å². The molecule has 1 amide bonds. The number of hydrogen-bond acceptors (Lipinski definition) is 7. The van der Waals surface area contributed by atoms with Gasteiger partial charge in [0.05, 0.1) is 12.0 Å². The van der Waals surface area contributed by atoms with E-state index in [2.05, 4.69) is 20.0 Å². The quantitative estimate of drug-likeness (QED) is 0.266. The van der Waals surface area contributed by atoms with Gasteiger partial charge in [-0.1, -0.05) is 36.4 Å². The maximum absolute atomic E-state index is 12.7. The van der Waals surface area contributed by atoms with E-state index >= 15 is 0 Å². The van der Waals surface area contributed by atoms with Crippen LogP contribution in [0.4, 0.5) is 11.5 Å². The number of sulfonamides is 1. The van der Waals surface area contributed by atoms with Gasteiger partial charge in [-0.25, -0.2) is 18.4 Å². The van der Waals surface area contributed by atoms with Gasteiger partial charge in [0.25, 0.3) is 10.0 Å². The lowest BCUT2D eigenvalue weighted by atomic mass is 10.2. The van der Waals surface area contributed by atoms with E-state index in [1.165, 1.54) is 30.3 Å². The summed E-state index contributed by atoms with van der Waals surface area (Å²) in [5.74, 6) is 1.42. The average Bonchev–Trinajstić information content (AvgIpc) is 2.91. The van der Waals surface area contributed by atoms with Crippen molar-refractivity contribution < 1.29 is 22.7 Å². The third kappa shape index (κ3) is 7.65. The molecule has 9 nitrogen and oxygen atoms in total. The Morgan fingerprint density at radius 2 is 1.67 bits per heavy atom. The normalized spacial score (nSPS) is 11.3. The van der Waals surface area contributed by atoms with Crippen molar-refractivity contribution in [2.45, 2.75) is 25.3 Å². The van der Waals surface area contributed by atoms with E-state index in [4.69, 9.17) is 9.47 Å². The maximum Gasteiger partial charge on any atom is 0.263 e. The number of nitrogens with one attached hydrogen (secondary N) is 2. The Labute approximate surface area is 227 Å². The zero-order valence-corrected chi connectivity index (χ0v) is 22.5. The Morgan fingerprint density at radius 1 is 0.923 bits per heavy atom. The minimum Gasteiger partial charge on any atom is -0.493 e. The monoisotopic (exact) mass is 544 g/mol. The second-order valence-corrected chi connectivity index (χ2v) is 10.3. The van der Waals surface area contributed by atoms with E-state index in [1.807, 2.05) is 36.4 Å². The first-order valence-electron chi connectivity index (χ1n) is 12.0. The highest BCUT2D eigenvalue weighted by molar-refractivity contribution is 7.92. The van der Waals surface area contributed by atoms with Crippen LogP contribution in [0, 0.1) is 13.8 Å². The molecule has 0 saturated heterocycles. The van der Waals surface area contributed by atoms with Crippen molar-refractivity contribution in [1.29, 1.82) is 0 Å². The van der Waals surface area contributed by atoms with Crippen molar-refractivity contribution in [2.24, 2.45) is 0 Å². The maximum atomic E-state index is 12.7. The molecule has 0 aliphatic rings. The molecule has 1 heterocycles. The largest absolute Gasteiger partial charge is 0.493 e. The smallest absolute Gasteiger partial charge is 0.263 e. The molecule has 39 heavy (non-hydrogen) atoms. The molecule has 0 unspecified atom stereocenters. The van der Waals surface area contributed by atoms with Crippen LogP contribution >= 0.6 is 0 Å². The Kier molecular flexibility index (Phi) is 8.57. The van der Waals surface area contributed by atoms with Crippen molar-refractivity contribution in [3.05, 3.63) is 108 Å². The molecule has 0 spiro atoms. The topological polar surface area (TPSA) is 120 Å². The SMILES string of the molecule is COc1cc(C=CC(=O)Nc2ccc(S(=O)(=O)Nc3cc(C)nc(C)n3)cc2)ccc1OCc1ccccc1. The van der Waals surface area contributed by atoms with Gasteiger partial charge >= 0.3 is 0 Å². The molecule has 1 aromatic heterocycles. The highest BCUT2D eigenvalue weighted by atomic mass is 32.2. The molecule has 200 valence electrons. The van der Waals surface area contributed by atoms with Crippen LogP contribution in [0.15, 0.2) is 89.8 Å². The van der Waals surface area contributed by atoms with E-state index in [0.717, 1.165) is 11.1 Å². The Balaban J connectivity index is 1.36. The van der Waals surface area contributed by atoms with Crippen LogP contribution in [-0.4, -0.2) is 31.4 Å². The molecule has 0 atom stereocenters. The second kappa shape index (κ2) is 12.2. The number of benzene rings is 3. The number of rotatable bonds is 10. The second-order valence-electron chi connectivity index (χ2n) is 8.58. The number of carbonyl (C=O) groups excluding carboxylic acids is 1. The summed E-state index contributed by atoms with van der Waals surface area (Å²) in [6.45, 7) is 3.85. The number of carbonyl (C=O) groups is 1. The van der Waals surface area contributed by atoms with Crippen LogP contribution in [0.25, 0.3) is 6.08 Å². The van der Waals surface area contributed by atoms with Gasteiger partial charge in [0.15, 0.2) is 11.5 Å². The molecule has 0 radical (unpaired) electrons. The van der Waals surface area contributed by atoms with Crippen molar-refractivity contribution in [3.8, 4) is 11.5 Å². The van der Waals surface area contributed by atoms with E-state index in [9.17, 15) is 13.2 Å². The van der Waals surface area contributed by atoms with Gasteiger partial charge in [-0.3, -0.25) is 9.52 Å².